The fourth-order valence-corrected chi connectivity index (χ4v) is 1.62. The maximum atomic E-state index is 11.4. The molecule has 0 aliphatic carbocycles. The predicted molar refractivity (Wildman–Crippen MR) is 65.4 cm³/mol. The summed E-state index contributed by atoms with van der Waals surface area (Å²) >= 11 is 0. The van der Waals surface area contributed by atoms with Crippen molar-refractivity contribution in [3.8, 4) is 5.75 Å². The van der Waals surface area contributed by atoms with Gasteiger partial charge in [-0.2, -0.15) is 0 Å². The molecule has 1 amide bonds. The molecule has 0 fully saturated rings. The molecular formula is C13H17NO3. The van der Waals surface area contributed by atoms with Crippen molar-refractivity contribution in [3.63, 3.8) is 0 Å². The summed E-state index contributed by atoms with van der Waals surface area (Å²) in [6.45, 7) is 3.52. The van der Waals surface area contributed by atoms with Crippen LogP contribution in [0.1, 0.15) is 29.8 Å². The lowest BCUT2D eigenvalue weighted by molar-refractivity contribution is -0.118. The van der Waals surface area contributed by atoms with Crippen LogP contribution in [0.15, 0.2) is 18.2 Å². The van der Waals surface area contributed by atoms with Crippen LogP contribution >= 0.6 is 0 Å². The van der Waals surface area contributed by atoms with Crippen LogP contribution in [0.25, 0.3) is 0 Å². The molecule has 0 heterocycles. The number of ether oxygens (including phenoxy) is 1. The molecule has 1 N–H and O–H groups in total. The van der Waals surface area contributed by atoms with Crippen molar-refractivity contribution in [2.75, 3.05) is 13.7 Å². The Morgan fingerprint density at radius 1 is 1.29 bits per heavy atom. The van der Waals surface area contributed by atoms with Crippen molar-refractivity contribution in [1.82, 2.24) is 5.32 Å². The fraction of sp³-hybridized carbons (Fsp3) is 0.385. The SMILES string of the molecule is COc1ccc(C(C)=O)c(CCNC(C)=O)c1. The number of Topliss-reactive ketones (excluding diaryl/α,β-unsaturated/α-hetero) is 1. The average Bonchev–Trinajstić information content (AvgIpc) is 2.28. The van der Waals surface area contributed by atoms with Gasteiger partial charge in [0.1, 0.15) is 5.75 Å². The van der Waals surface area contributed by atoms with E-state index in [1.807, 2.05) is 6.07 Å². The van der Waals surface area contributed by atoms with Crippen LogP contribution in [-0.4, -0.2) is 25.3 Å². The van der Waals surface area contributed by atoms with Gasteiger partial charge < -0.3 is 10.1 Å². The van der Waals surface area contributed by atoms with Crippen LogP contribution in [0.2, 0.25) is 0 Å². The lowest BCUT2D eigenvalue weighted by Gasteiger charge is -2.09. The van der Waals surface area contributed by atoms with E-state index in [0.717, 1.165) is 5.56 Å². The van der Waals surface area contributed by atoms with E-state index in [2.05, 4.69) is 5.32 Å². The molecule has 4 nitrogen and oxygen atoms in total. The number of methoxy groups -OCH3 is 1. The number of amides is 1. The molecule has 0 spiro atoms. The minimum atomic E-state index is -0.0720. The van der Waals surface area contributed by atoms with Gasteiger partial charge in [-0.1, -0.05) is 0 Å². The van der Waals surface area contributed by atoms with E-state index in [4.69, 9.17) is 4.74 Å². The van der Waals surface area contributed by atoms with Crippen molar-refractivity contribution >= 4 is 11.7 Å². The second-order valence-electron chi connectivity index (χ2n) is 3.81. The van der Waals surface area contributed by atoms with E-state index >= 15 is 0 Å². The van der Waals surface area contributed by atoms with Crippen molar-refractivity contribution < 1.29 is 14.3 Å². The molecule has 0 unspecified atom stereocenters. The number of hydrogen-bond acceptors (Lipinski definition) is 3. The quantitative estimate of drug-likeness (QED) is 0.788. The zero-order chi connectivity index (χ0) is 12.8. The molecule has 0 radical (unpaired) electrons. The van der Waals surface area contributed by atoms with Gasteiger partial charge in [0, 0.05) is 19.0 Å². The summed E-state index contributed by atoms with van der Waals surface area (Å²) in [7, 11) is 1.58. The van der Waals surface area contributed by atoms with Crippen molar-refractivity contribution in [1.29, 1.82) is 0 Å². The topological polar surface area (TPSA) is 55.4 Å². The van der Waals surface area contributed by atoms with E-state index in [1.165, 1.54) is 13.8 Å². The Hall–Kier alpha value is -1.84. The highest BCUT2D eigenvalue weighted by atomic mass is 16.5. The zero-order valence-electron chi connectivity index (χ0n) is 10.4. The van der Waals surface area contributed by atoms with Crippen molar-refractivity contribution in [2.45, 2.75) is 20.3 Å². The Morgan fingerprint density at radius 3 is 2.53 bits per heavy atom. The first-order chi connectivity index (χ1) is 8.04. The molecule has 1 aromatic carbocycles. The highest BCUT2D eigenvalue weighted by Gasteiger charge is 2.08. The number of nitrogens with one attached hydrogen (secondary N) is 1. The molecule has 0 saturated heterocycles. The summed E-state index contributed by atoms with van der Waals surface area (Å²) in [5.74, 6) is 0.663. The molecule has 0 aliphatic rings. The average molecular weight is 235 g/mol. The van der Waals surface area contributed by atoms with Crippen LogP contribution < -0.4 is 10.1 Å². The third-order valence-corrected chi connectivity index (χ3v) is 2.46. The third-order valence-electron chi connectivity index (χ3n) is 2.46. The Kier molecular flexibility index (Phi) is 4.69. The predicted octanol–water partition coefficient (Wildman–Crippen LogP) is 1.58. The zero-order valence-corrected chi connectivity index (χ0v) is 10.4. The van der Waals surface area contributed by atoms with Crippen molar-refractivity contribution in [2.24, 2.45) is 0 Å². The van der Waals surface area contributed by atoms with Gasteiger partial charge in [0.2, 0.25) is 5.91 Å². The minimum absolute atomic E-state index is 0.0190. The third kappa shape index (κ3) is 3.90. The number of rotatable bonds is 5. The van der Waals surface area contributed by atoms with Crippen LogP contribution in [0.5, 0.6) is 5.75 Å². The first kappa shape index (κ1) is 13.2. The summed E-state index contributed by atoms with van der Waals surface area (Å²) in [4.78, 5) is 22.2. The highest BCUT2D eigenvalue weighted by molar-refractivity contribution is 5.95. The van der Waals surface area contributed by atoms with Gasteiger partial charge in [0.05, 0.1) is 7.11 Å². The molecule has 0 saturated carbocycles. The molecule has 0 aliphatic heterocycles. The smallest absolute Gasteiger partial charge is 0.216 e. The van der Waals surface area contributed by atoms with Gasteiger partial charge >= 0.3 is 0 Å². The summed E-state index contributed by atoms with van der Waals surface area (Å²) < 4.78 is 5.12. The molecule has 0 bridgehead atoms. The van der Waals surface area contributed by atoms with Gasteiger partial charge in [0.15, 0.2) is 5.78 Å². The largest absolute Gasteiger partial charge is 0.497 e. The number of carbonyl (C=O) groups is 2. The van der Waals surface area contributed by atoms with Crippen LogP contribution in [-0.2, 0) is 11.2 Å². The number of benzene rings is 1. The molecule has 1 aromatic rings. The molecule has 17 heavy (non-hydrogen) atoms. The Labute approximate surface area is 101 Å². The maximum absolute atomic E-state index is 11.4. The number of carbonyl (C=O) groups excluding carboxylic acids is 2. The summed E-state index contributed by atoms with van der Waals surface area (Å²) in [6.07, 6.45) is 0.617. The lowest BCUT2D eigenvalue weighted by atomic mass is 10.0. The van der Waals surface area contributed by atoms with Gasteiger partial charge in [-0.3, -0.25) is 9.59 Å². The van der Waals surface area contributed by atoms with E-state index in [1.54, 1.807) is 19.2 Å². The summed E-state index contributed by atoms with van der Waals surface area (Å²) in [5.41, 5.74) is 1.57. The molecular weight excluding hydrogens is 218 g/mol. The molecule has 4 heteroatoms. The molecule has 92 valence electrons. The van der Waals surface area contributed by atoms with E-state index in [-0.39, 0.29) is 11.7 Å². The maximum Gasteiger partial charge on any atom is 0.216 e. The Morgan fingerprint density at radius 2 is 2.00 bits per heavy atom. The summed E-state index contributed by atoms with van der Waals surface area (Å²) in [6, 6.07) is 5.35. The van der Waals surface area contributed by atoms with Gasteiger partial charge in [0.25, 0.3) is 0 Å². The normalized spacial score (nSPS) is 9.82. The summed E-state index contributed by atoms with van der Waals surface area (Å²) in [5, 5.41) is 2.71. The Bertz CT molecular complexity index is 427. The standard InChI is InChI=1S/C13H17NO3/c1-9(15)13-5-4-12(17-3)8-11(13)6-7-14-10(2)16/h4-5,8H,6-7H2,1-3H3,(H,14,16). The van der Waals surface area contributed by atoms with Crippen LogP contribution in [0, 0.1) is 0 Å². The van der Waals surface area contributed by atoms with E-state index in [0.29, 0.717) is 24.3 Å². The van der Waals surface area contributed by atoms with Gasteiger partial charge in [-0.15, -0.1) is 0 Å². The highest BCUT2D eigenvalue weighted by Crippen LogP contribution is 2.18. The van der Waals surface area contributed by atoms with Crippen LogP contribution in [0.4, 0.5) is 0 Å². The minimum Gasteiger partial charge on any atom is -0.497 e. The fourth-order valence-electron chi connectivity index (χ4n) is 1.62. The second kappa shape index (κ2) is 6.03. The van der Waals surface area contributed by atoms with Crippen LogP contribution in [0.3, 0.4) is 0 Å². The lowest BCUT2D eigenvalue weighted by Crippen LogP contribution is -2.23. The number of ketones is 1. The number of hydrogen-bond donors (Lipinski definition) is 1. The second-order valence-corrected chi connectivity index (χ2v) is 3.81. The monoisotopic (exact) mass is 235 g/mol. The molecule has 0 aromatic heterocycles. The van der Waals surface area contributed by atoms with E-state index < -0.39 is 0 Å². The molecule has 0 atom stereocenters. The van der Waals surface area contributed by atoms with E-state index in [9.17, 15) is 9.59 Å². The van der Waals surface area contributed by atoms with Crippen molar-refractivity contribution in [3.05, 3.63) is 29.3 Å². The first-order valence-corrected chi connectivity index (χ1v) is 5.47. The van der Waals surface area contributed by atoms with Gasteiger partial charge in [-0.25, -0.2) is 0 Å². The molecule has 1 rings (SSSR count). The Balaban J connectivity index is 2.85. The van der Waals surface area contributed by atoms with Gasteiger partial charge in [-0.05, 0) is 37.1 Å². The first-order valence-electron chi connectivity index (χ1n) is 5.47.